The number of methoxy groups -OCH3 is 1. The van der Waals surface area contributed by atoms with Crippen LogP contribution in [0.25, 0.3) is 28.4 Å². The first-order valence-corrected chi connectivity index (χ1v) is 10.3. The van der Waals surface area contributed by atoms with Crippen molar-refractivity contribution in [2.24, 2.45) is 0 Å². The standard InChI is InChI=1S/C23H16ClF2N5O2/c1-32-19-5-3-2-4-15(19)17-11-18(21(25)26)31-22(28-17)16(12-27-31)23-30-29-20(33-23)10-13-6-8-14(24)9-7-13/h2-9,11-12,21H,10H2,1H3. The molecule has 5 aromatic rings. The van der Waals surface area contributed by atoms with E-state index in [1.807, 2.05) is 12.1 Å². The van der Waals surface area contributed by atoms with Gasteiger partial charge >= 0.3 is 0 Å². The van der Waals surface area contributed by atoms with Crippen LogP contribution in [0.4, 0.5) is 8.78 Å². The Labute approximate surface area is 191 Å². The van der Waals surface area contributed by atoms with Crippen LogP contribution in [0.15, 0.2) is 65.2 Å². The Kier molecular flexibility index (Phi) is 5.47. The number of para-hydroxylation sites is 1. The summed E-state index contributed by atoms with van der Waals surface area (Å²) in [5.74, 6) is 1.01. The lowest BCUT2D eigenvalue weighted by molar-refractivity contribution is 0.143. The summed E-state index contributed by atoms with van der Waals surface area (Å²) in [6.45, 7) is 0. The zero-order valence-electron chi connectivity index (χ0n) is 17.2. The van der Waals surface area contributed by atoms with Gasteiger partial charge in [0.1, 0.15) is 17.0 Å². The van der Waals surface area contributed by atoms with Crippen molar-refractivity contribution < 1.29 is 17.9 Å². The largest absolute Gasteiger partial charge is 0.496 e. The molecule has 3 aromatic heterocycles. The maximum Gasteiger partial charge on any atom is 0.280 e. The summed E-state index contributed by atoms with van der Waals surface area (Å²) in [6.07, 6.45) is -0.995. The summed E-state index contributed by atoms with van der Waals surface area (Å²) >= 11 is 5.92. The Morgan fingerprint density at radius 2 is 1.85 bits per heavy atom. The fourth-order valence-electron chi connectivity index (χ4n) is 3.50. The monoisotopic (exact) mass is 467 g/mol. The number of rotatable bonds is 6. The van der Waals surface area contributed by atoms with Crippen LogP contribution in [0.1, 0.15) is 23.6 Å². The Morgan fingerprint density at radius 1 is 1.06 bits per heavy atom. The SMILES string of the molecule is COc1ccccc1-c1cc(C(F)F)n2ncc(-c3nnc(Cc4ccc(Cl)cc4)o3)c2n1. The molecule has 0 spiro atoms. The van der Waals surface area contributed by atoms with Gasteiger partial charge in [0.2, 0.25) is 5.89 Å². The van der Waals surface area contributed by atoms with Gasteiger partial charge in [-0.25, -0.2) is 18.3 Å². The molecule has 0 aliphatic rings. The molecule has 0 unspecified atom stereocenters. The van der Waals surface area contributed by atoms with Crippen LogP contribution in [-0.4, -0.2) is 31.9 Å². The summed E-state index contributed by atoms with van der Waals surface area (Å²) in [6, 6.07) is 15.6. The zero-order chi connectivity index (χ0) is 22.9. The van der Waals surface area contributed by atoms with Crippen molar-refractivity contribution >= 4 is 17.2 Å². The van der Waals surface area contributed by atoms with Crippen LogP contribution in [0.3, 0.4) is 0 Å². The third-order valence-corrected chi connectivity index (χ3v) is 5.32. The molecule has 0 bridgehead atoms. The lowest BCUT2D eigenvalue weighted by Crippen LogP contribution is -2.03. The molecule has 0 saturated heterocycles. The van der Waals surface area contributed by atoms with Gasteiger partial charge in [0.15, 0.2) is 5.65 Å². The first-order chi connectivity index (χ1) is 16.0. The van der Waals surface area contributed by atoms with Gasteiger partial charge in [-0.15, -0.1) is 10.2 Å². The molecule has 0 fully saturated rings. The highest BCUT2D eigenvalue weighted by Gasteiger charge is 2.22. The van der Waals surface area contributed by atoms with Crippen molar-refractivity contribution in [2.75, 3.05) is 7.11 Å². The van der Waals surface area contributed by atoms with Gasteiger partial charge < -0.3 is 9.15 Å². The van der Waals surface area contributed by atoms with Crippen molar-refractivity contribution in [1.82, 2.24) is 24.8 Å². The van der Waals surface area contributed by atoms with E-state index in [0.717, 1.165) is 10.1 Å². The van der Waals surface area contributed by atoms with Gasteiger partial charge in [-0.05, 0) is 35.9 Å². The lowest BCUT2D eigenvalue weighted by atomic mass is 10.1. The molecule has 0 atom stereocenters. The van der Waals surface area contributed by atoms with E-state index in [1.54, 1.807) is 36.4 Å². The van der Waals surface area contributed by atoms with E-state index < -0.39 is 6.43 Å². The number of ether oxygens (including phenoxy) is 1. The van der Waals surface area contributed by atoms with Crippen LogP contribution >= 0.6 is 11.6 Å². The zero-order valence-corrected chi connectivity index (χ0v) is 18.0. The highest BCUT2D eigenvalue weighted by Crippen LogP contribution is 2.33. The number of aromatic nitrogens is 5. The molecule has 5 rings (SSSR count). The number of hydrogen-bond donors (Lipinski definition) is 0. The summed E-state index contributed by atoms with van der Waals surface area (Å²) in [7, 11) is 1.51. The highest BCUT2D eigenvalue weighted by atomic mass is 35.5. The van der Waals surface area contributed by atoms with Crippen LogP contribution < -0.4 is 4.74 Å². The average Bonchev–Trinajstić information content (AvgIpc) is 3.46. The molecule has 33 heavy (non-hydrogen) atoms. The molecule has 0 radical (unpaired) electrons. The van der Waals surface area contributed by atoms with Gasteiger partial charge in [-0.1, -0.05) is 35.9 Å². The van der Waals surface area contributed by atoms with Gasteiger partial charge in [0.05, 0.1) is 25.4 Å². The fourth-order valence-corrected chi connectivity index (χ4v) is 3.62. The third-order valence-electron chi connectivity index (χ3n) is 5.07. The van der Waals surface area contributed by atoms with Gasteiger partial charge in [0, 0.05) is 10.6 Å². The molecule has 0 N–H and O–H groups in total. The smallest absolute Gasteiger partial charge is 0.280 e. The van der Waals surface area contributed by atoms with Crippen molar-refractivity contribution in [3.05, 3.63) is 83.0 Å². The molecular formula is C23H16ClF2N5O2. The van der Waals surface area contributed by atoms with Crippen molar-refractivity contribution in [2.45, 2.75) is 12.8 Å². The average molecular weight is 468 g/mol. The lowest BCUT2D eigenvalue weighted by Gasteiger charge is -2.11. The predicted octanol–water partition coefficient (Wildman–Crippen LogP) is 5.64. The second-order valence-corrected chi connectivity index (χ2v) is 7.60. The maximum atomic E-state index is 13.9. The topological polar surface area (TPSA) is 78.3 Å². The Morgan fingerprint density at radius 3 is 2.61 bits per heavy atom. The summed E-state index contributed by atoms with van der Waals surface area (Å²) in [4.78, 5) is 4.58. The van der Waals surface area contributed by atoms with Crippen molar-refractivity contribution in [3.8, 4) is 28.5 Å². The normalized spacial score (nSPS) is 11.4. The van der Waals surface area contributed by atoms with E-state index in [9.17, 15) is 8.78 Å². The number of benzene rings is 2. The molecule has 10 heteroatoms. The molecule has 3 heterocycles. The summed E-state index contributed by atoms with van der Waals surface area (Å²) in [5.41, 5.74) is 2.04. The van der Waals surface area contributed by atoms with E-state index in [0.29, 0.717) is 39.9 Å². The van der Waals surface area contributed by atoms with E-state index in [2.05, 4.69) is 20.3 Å². The molecule has 2 aromatic carbocycles. The number of halogens is 3. The first kappa shape index (κ1) is 21.0. The van der Waals surface area contributed by atoms with Gasteiger partial charge in [0.25, 0.3) is 12.3 Å². The number of nitrogens with zero attached hydrogens (tertiary/aromatic N) is 5. The Balaban J connectivity index is 1.59. The minimum absolute atomic E-state index is 0.138. The highest BCUT2D eigenvalue weighted by molar-refractivity contribution is 6.30. The number of fused-ring (bicyclic) bond motifs is 1. The van der Waals surface area contributed by atoms with E-state index in [1.165, 1.54) is 19.4 Å². The summed E-state index contributed by atoms with van der Waals surface area (Å²) < 4.78 is 40.0. The second kappa shape index (κ2) is 8.59. The minimum atomic E-state index is -2.78. The van der Waals surface area contributed by atoms with E-state index >= 15 is 0 Å². The molecule has 166 valence electrons. The van der Waals surface area contributed by atoms with Crippen molar-refractivity contribution in [3.63, 3.8) is 0 Å². The van der Waals surface area contributed by atoms with E-state index in [4.69, 9.17) is 20.8 Å². The number of hydrogen-bond acceptors (Lipinski definition) is 6. The first-order valence-electron chi connectivity index (χ1n) is 9.91. The molecule has 0 aliphatic carbocycles. The quantitative estimate of drug-likeness (QED) is 0.322. The molecule has 7 nitrogen and oxygen atoms in total. The third kappa shape index (κ3) is 4.03. The van der Waals surface area contributed by atoms with Crippen LogP contribution in [0.2, 0.25) is 5.02 Å². The Hall–Kier alpha value is -3.85. The Bertz CT molecular complexity index is 1430. The minimum Gasteiger partial charge on any atom is -0.496 e. The van der Waals surface area contributed by atoms with Crippen LogP contribution in [0, 0.1) is 0 Å². The van der Waals surface area contributed by atoms with Crippen molar-refractivity contribution in [1.29, 1.82) is 0 Å². The second-order valence-electron chi connectivity index (χ2n) is 7.17. The van der Waals surface area contributed by atoms with Crippen LogP contribution in [0.5, 0.6) is 5.75 Å². The molecular weight excluding hydrogens is 452 g/mol. The molecule has 0 aliphatic heterocycles. The maximum absolute atomic E-state index is 13.9. The molecule has 0 saturated carbocycles. The predicted molar refractivity (Wildman–Crippen MR) is 117 cm³/mol. The van der Waals surface area contributed by atoms with E-state index in [-0.39, 0.29) is 17.2 Å². The summed E-state index contributed by atoms with van der Waals surface area (Å²) in [5, 5.41) is 12.9. The fraction of sp³-hybridized carbons (Fsp3) is 0.130. The van der Waals surface area contributed by atoms with Gasteiger partial charge in [-0.3, -0.25) is 0 Å². The molecule has 0 amide bonds. The van der Waals surface area contributed by atoms with Gasteiger partial charge in [-0.2, -0.15) is 5.10 Å². The van der Waals surface area contributed by atoms with Crippen LogP contribution in [-0.2, 0) is 6.42 Å². The number of alkyl halides is 2.